The van der Waals surface area contributed by atoms with Crippen molar-refractivity contribution in [1.29, 1.82) is 0 Å². The predicted molar refractivity (Wildman–Crippen MR) is 93.6 cm³/mol. The third-order valence-electron chi connectivity index (χ3n) is 5.96. The number of rotatable bonds is 4. The van der Waals surface area contributed by atoms with Crippen molar-refractivity contribution in [2.45, 2.75) is 69.9 Å². The van der Waals surface area contributed by atoms with Crippen LogP contribution in [0.25, 0.3) is 0 Å². The van der Waals surface area contributed by atoms with Gasteiger partial charge in [-0.15, -0.1) is 0 Å². The first kappa shape index (κ1) is 16.1. The van der Waals surface area contributed by atoms with Crippen LogP contribution in [0.3, 0.4) is 0 Å². The van der Waals surface area contributed by atoms with Gasteiger partial charge in [0.2, 0.25) is 5.91 Å². The highest BCUT2D eigenvalue weighted by molar-refractivity contribution is 5.83. The van der Waals surface area contributed by atoms with E-state index in [1.165, 1.54) is 38.5 Å². The molecule has 1 aromatic rings. The summed E-state index contributed by atoms with van der Waals surface area (Å²) in [6.45, 7) is 2.02. The smallest absolute Gasteiger partial charge is 0.243 e. The van der Waals surface area contributed by atoms with E-state index in [0.29, 0.717) is 6.04 Å². The lowest BCUT2D eigenvalue weighted by atomic mass is 10.00. The number of amides is 1. The van der Waals surface area contributed by atoms with Gasteiger partial charge in [0.25, 0.3) is 0 Å². The number of nitrogens with zero attached hydrogens (tertiary/aromatic N) is 3. The lowest BCUT2D eigenvalue weighted by molar-refractivity contribution is -0.128. The zero-order valence-corrected chi connectivity index (χ0v) is 14.8. The average Bonchev–Trinajstić information content (AvgIpc) is 3.35. The summed E-state index contributed by atoms with van der Waals surface area (Å²) in [6, 6.07) is 0.214. The van der Waals surface area contributed by atoms with Gasteiger partial charge in [0.15, 0.2) is 0 Å². The Bertz CT molecular complexity index is 584. The molecule has 1 atom stereocenters. The van der Waals surface area contributed by atoms with Crippen molar-refractivity contribution in [3.05, 3.63) is 17.7 Å². The molecule has 0 aromatic carbocycles. The van der Waals surface area contributed by atoms with E-state index in [-0.39, 0.29) is 11.9 Å². The number of fused-ring (bicyclic) bond motifs is 1. The van der Waals surface area contributed by atoms with Crippen LogP contribution in [0, 0.1) is 5.92 Å². The van der Waals surface area contributed by atoms with Crippen molar-refractivity contribution >= 4 is 5.91 Å². The molecule has 0 spiro atoms. The normalized spacial score (nSPS) is 26.0. The maximum atomic E-state index is 13.2. The number of hydrogen-bond acceptors (Lipinski definition) is 3. The number of aryl methyl sites for hydroxylation is 1. The van der Waals surface area contributed by atoms with E-state index in [0.717, 1.165) is 49.7 Å². The first-order valence-corrected chi connectivity index (χ1v) is 9.77. The fourth-order valence-electron chi connectivity index (χ4n) is 4.41. The van der Waals surface area contributed by atoms with Gasteiger partial charge in [0.05, 0.1) is 17.7 Å². The monoisotopic (exact) mass is 330 g/mol. The molecule has 2 heterocycles. The third-order valence-corrected chi connectivity index (χ3v) is 5.96. The van der Waals surface area contributed by atoms with Gasteiger partial charge in [0.1, 0.15) is 6.04 Å². The lowest BCUT2D eigenvalue weighted by Crippen LogP contribution is -2.48. The molecule has 1 aromatic heterocycles. The minimum Gasteiger partial charge on any atom is -0.352 e. The Balaban J connectivity index is 1.53. The van der Waals surface area contributed by atoms with E-state index in [9.17, 15) is 4.79 Å². The second-order valence-corrected chi connectivity index (χ2v) is 7.98. The Labute approximate surface area is 144 Å². The zero-order chi connectivity index (χ0) is 16.5. The molecule has 0 unspecified atom stereocenters. The van der Waals surface area contributed by atoms with Crippen molar-refractivity contribution < 1.29 is 4.79 Å². The largest absolute Gasteiger partial charge is 0.352 e. The Morgan fingerprint density at radius 1 is 1.21 bits per heavy atom. The number of carbonyl (C=O) groups excluding carboxylic acids is 1. The number of carbonyl (C=O) groups is 1. The fourth-order valence-corrected chi connectivity index (χ4v) is 4.41. The number of hydrogen-bond donors (Lipinski definition) is 1. The van der Waals surface area contributed by atoms with Crippen molar-refractivity contribution in [2.75, 3.05) is 13.1 Å². The maximum Gasteiger partial charge on any atom is 0.243 e. The van der Waals surface area contributed by atoms with Gasteiger partial charge < -0.3 is 9.88 Å². The molecule has 1 N–H and O–H groups in total. The van der Waals surface area contributed by atoms with E-state index in [2.05, 4.69) is 19.8 Å². The lowest BCUT2D eigenvalue weighted by Gasteiger charge is -2.36. The van der Waals surface area contributed by atoms with Crippen LogP contribution in [-0.4, -0.2) is 39.5 Å². The fraction of sp³-hybridized carbons (Fsp3) is 0.789. The molecule has 0 radical (unpaired) electrons. The zero-order valence-electron chi connectivity index (χ0n) is 14.8. The first-order chi connectivity index (χ1) is 11.7. The second-order valence-electron chi connectivity index (χ2n) is 7.98. The van der Waals surface area contributed by atoms with Gasteiger partial charge in [-0.3, -0.25) is 9.69 Å². The molecule has 4 rings (SSSR count). The van der Waals surface area contributed by atoms with Crippen LogP contribution in [0.2, 0.25) is 0 Å². The molecule has 1 amide bonds. The third kappa shape index (κ3) is 3.37. The van der Waals surface area contributed by atoms with Crippen molar-refractivity contribution in [2.24, 2.45) is 13.0 Å². The standard InChI is InChI=1S/C19H30N4O/c1-22-13-20-16-10-11-23(12-14-8-9-14)18(17(16)22)19(24)21-15-6-4-2-3-5-7-15/h13-15,18H,2-12H2,1H3,(H,21,24)/t18-/m1/s1. The molecule has 1 aliphatic heterocycles. The summed E-state index contributed by atoms with van der Waals surface area (Å²) >= 11 is 0. The summed E-state index contributed by atoms with van der Waals surface area (Å²) in [7, 11) is 2.03. The molecular weight excluding hydrogens is 300 g/mol. The van der Waals surface area contributed by atoms with Gasteiger partial charge in [0, 0.05) is 32.6 Å². The van der Waals surface area contributed by atoms with E-state index in [4.69, 9.17) is 0 Å². The topological polar surface area (TPSA) is 50.2 Å². The van der Waals surface area contributed by atoms with Crippen LogP contribution >= 0.6 is 0 Å². The summed E-state index contributed by atoms with van der Waals surface area (Å²) in [6.07, 6.45) is 12.9. The van der Waals surface area contributed by atoms with Gasteiger partial charge >= 0.3 is 0 Å². The average molecular weight is 330 g/mol. The summed E-state index contributed by atoms with van der Waals surface area (Å²) in [5.41, 5.74) is 2.23. The number of nitrogens with one attached hydrogen (secondary N) is 1. The Kier molecular flexibility index (Phi) is 4.61. The molecule has 2 fully saturated rings. The van der Waals surface area contributed by atoms with Gasteiger partial charge in [-0.25, -0.2) is 4.98 Å². The van der Waals surface area contributed by atoms with E-state index >= 15 is 0 Å². The Morgan fingerprint density at radius 3 is 2.67 bits per heavy atom. The van der Waals surface area contributed by atoms with Crippen molar-refractivity contribution in [3.63, 3.8) is 0 Å². The Morgan fingerprint density at radius 2 is 1.96 bits per heavy atom. The number of imidazole rings is 1. The quantitative estimate of drug-likeness (QED) is 0.863. The summed E-state index contributed by atoms with van der Waals surface area (Å²) in [5, 5.41) is 3.39. The first-order valence-electron chi connectivity index (χ1n) is 9.77. The SMILES string of the molecule is Cn1cnc2c1[C@H](C(=O)NC1CCCCCC1)N(CC1CC1)CC2. The van der Waals surface area contributed by atoms with Gasteiger partial charge in [-0.05, 0) is 31.6 Å². The van der Waals surface area contributed by atoms with E-state index in [1.54, 1.807) is 0 Å². The molecule has 132 valence electrons. The van der Waals surface area contributed by atoms with Crippen LogP contribution in [0.4, 0.5) is 0 Å². The molecular formula is C19H30N4O. The molecule has 24 heavy (non-hydrogen) atoms. The van der Waals surface area contributed by atoms with Crippen LogP contribution in [0.15, 0.2) is 6.33 Å². The highest BCUT2D eigenvalue weighted by atomic mass is 16.2. The molecule has 2 saturated carbocycles. The molecule has 5 nitrogen and oxygen atoms in total. The van der Waals surface area contributed by atoms with Crippen LogP contribution in [-0.2, 0) is 18.3 Å². The van der Waals surface area contributed by atoms with Gasteiger partial charge in [-0.1, -0.05) is 25.7 Å². The van der Waals surface area contributed by atoms with Crippen molar-refractivity contribution in [3.8, 4) is 0 Å². The second kappa shape index (κ2) is 6.87. The predicted octanol–water partition coefficient (Wildman–Crippen LogP) is 2.57. The number of aromatic nitrogens is 2. The highest BCUT2D eigenvalue weighted by Crippen LogP contribution is 2.36. The molecule has 5 heteroatoms. The van der Waals surface area contributed by atoms with Crippen LogP contribution in [0.1, 0.15) is 68.8 Å². The maximum absolute atomic E-state index is 13.2. The summed E-state index contributed by atoms with van der Waals surface area (Å²) < 4.78 is 2.06. The summed E-state index contributed by atoms with van der Waals surface area (Å²) in [5.74, 6) is 1.00. The minimum absolute atomic E-state index is 0.148. The van der Waals surface area contributed by atoms with Crippen molar-refractivity contribution in [1.82, 2.24) is 19.8 Å². The van der Waals surface area contributed by atoms with Crippen LogP contribution in [0.5, 0.6) is 0 Å². The molecule has 0 saturated heterocycles. The van der Waals surface area contributed by atoms with E-state index < -0.39 is 0 Å². The van der Waals surface area contributed by atoms with Gasteiger partial charge in [-0.2, -0.15) is 0 Å². The van der Waals surface area contributed by atoms with Crippen LogP contribution < -0.4 is 5.32 Å². The molecule has 2 aliphatic carbocycles. The summed E-state index contributed by atoms with van der Waals surface area (Å²) in [4.78, 5) is 20.2. The Hall–Kier alpha value is -1.36. The molecule has 0 bridgehead atoms. The molecule has 3 aliphatic rings. The van der Waals surface area contributed by atoms with E-state index in [1.807, 2.05) is 13.4 Å². The minimum atomic E-state index is -0.148. The highest BCUT2D eigenvalue weighted by Gasteiger charge is 2.39.